The number of imidazole rings is 1. The molecule has 1 aromatic heterocycles. The van der Waals surface area contributed by atoms with Crippen LogP contribution in [-0.2, 0) is 32.5 Å². The maximum atomic E-state index is 13.0. The fourth-order valence-electron chi connectivity index (χ4n) is 4.11. The van der Waals surface area contributed by atoms with Gasteiger partial charge in [-0.2, -0.15) is 9.57 Å². The van der Waals surface area contributed by atoms with Crippen LogP contribution in [0.1, 0.15) is 24.7 Å². The smallest absolute Gasteiger partial charge is 0.243 e. The van der Waals surface area contributed by atoms with Crippen molar-refractivity contribution >= 4 is 32.7 Å². The summed E-state index contributed by atoms with van der Waals surface area (Å²) in [5.41, 5.74) is 2.22. The zero-order valence-corrected chi connectivity index (χ0v) is 20.5. The summed E-state index contributed by atoms with van der Waals surface area (Å²) in [5, 5.41) is 11.9. The molecule has 10 nitrogen and oxygen atoms in total. The average Bonchev–Trinajstić information content (AvgIpc) is 3.24. The van der Waals surface area contributed by atoms with E-state index in [4.69, 9.17) is 14.7 Å². The van der Waals surface area contributed by atoms with Gasteiger partial charge in [0, 0.05) is 32.5 Å². The summed E-state index contributed by atoms with van der Waals surface area (Å²) < 4.78 is 40.0. The van der Waals surface area contributed by atoms with Gasteiger partial charge in [-0.3, -0.25) is 4.79 Å². The molecule has 1 N–H and O–H groups in total. The number of aryl methyl sites for hydroxylation is 2. The Bertz CT molecular complexity index is 1390. The highest BCUT2D eigenvalue weighted by Crippen LogP contribution is 2.26. The number of methoxy groups -OCH3 is 1. The zero-order valence-electron chi connectivity index (χ0n) is 19.7. The van der Waals surface area contributed by atoms with E-state index in [9.17, 15) is 13.2 Å². The molecule has 184 valence electrons. The minimum atomic E-state index is -3.63. The lowest BCUT2D eigenvalue weighted by Crippen LogP contribution is -2.40. The molecule has 1 amide bonds. The molecule has 0 radical (unpaired) electrons. The number of aromatic nitrogens is 2. The number of rotatable bonds is 8. The van der Waals surface area contributed by atoms with E-state index in [0.29, 0.717) is 67.6 Å². The molecule has 0 bridgehead atoms. The standard InChI is InChI=1S/C24H27N5O5S/c1-3-29-21-6-5-18(35(31,32)28-10-12-34-13-11-28)15-19(21)26-23(29)8-9-24(30)27-20-14-17(16-25)4-7-22(20)33-2/h4-7,14-15H,3,8-13H2,1-2H3,(H,27,30). The van der Waals surface area contributed by atoms with Crippen LogP contribution in [0.4, 0.5) is 5.69 Å². The van der Waals surface area contributed by atoms with E-state index in [1.54, 1.807) is 36.4 Å². The van der Waals surface area contributed by atoms with Gasteiger partial charge >= 0.3 is 0 Å². The summed E-state index contributed by atoms with van der Waals surface area (Å²) >= 11 is 0. The number of nitriles is 1. The number of anilines is 1. The van der Waals surface area contributed by atoms with Gasteiger partial charge in [-0.1, -0.05) is 0 Å². The number of sulfonamides is 1. The first kappa shape index (κ1) is 24.7. The molecule has 1 saturated heterocycles. The van der Waals surface area contributed by atoms with E-state index < -0.39 is 10.0 Å². The SMILES string of the molecule is CCn1c(CCC(=O)Nc2cc(C#N)ccc2OC)nc2cc(S(=O)(=O)N3CCOCC3)ccc21. The Balaban J connectivity index is 1.53. The Hall–Kier alpha value is -3.46. The topological polar surface area (TPSA) is 127 Å². The summed E-state index contributed by atoms with van der Waals surface area (Å²) in [6.07, 6.45) is 0.516. The van der Waals surface area contributed by atoms with Crippen molar-refractivity contribution in [3.63, 3.8) is 0 Å². The first-order valence-electron chi connectivity index (χ1n) is 11.3. The highest BCUT2D eigenvalue weighted by atomic mass is 32.2. The number of benzene rings is 2. The van der Waals surface area contributed by atoms with Gasteiger partial charge in [0.15, 0.2) is 0 Å². The van der Waals surface area contributed by atoms with Gasteiger partial charge in [0.2, 0.25) is 15.9 Å². The highest BCUT2D eigenvalue weighted by molar-refractivity contribution is 7.89. The maximum absolute atomic E-state index is 13.0. The quantitative estimate of drug-likeness (QED) is 0.507. The van der Waals surface area contributed by atoms with Crippen molar-refractivity contribution in [2.75, 3.05) is 38.7 Å². The van der Waals surface area contributed by atoms with Crippen molar-refractivity contribution in [2.24, 2.45) is 0 Å². The number of morpholine rings is 1. The molecule has 1 aliphatic rings. The molecule has 35 heavy (non-hydrogen) atoms. The minimum Gasteiger partial charge on any atom is -0.495 e. The molecule has 4 rings (SSSR count). The lowest BCUT2D eigenvalue weighted by atomic mass is 10.2. The molecule has 1 aliphatic heterocycles. The molecule has 0 unspecified atom stereocenters. The van der Waals surface area contributed by atoms with Crippen molar-refractivity contribution in [1.82, 2.24) is 13.9 Å². The van der Waals surface area contributed by atoms with E-state index in [0.717, 1.165) is 5.52 Å². The van der Waals surface area contributed by atoms with Crippen LogP contribution in [0.2, 0.25) is 0 Å². The van der Waals surface area contributed by atoms with Crippen molar-refractivity contribution in [1.29, 1.82) is 5.26 Å². The van der Waals surface area contributed by atoms with Gasteiger partial charge in [0.05, 0.1) is 53.6 Å². The predicted molar refractivity (Wildman–Crippen MR) is 130 cm³/mol. The molecule has 0 aliphatic carbocycles. The molecule has 0 saturated carbocycles. The van der Waals surface area contributed by atoms with Crippen molar-refractivity contribution in [3.8, 4) is 11.8 Å². The Kier molecular flexibility index (Phi) is 7.35. The Morgan fingerprint density at radius 3 is 2.69 bits per heavy atom. The average molecular weight is 498 g/mol. The second kappa shape index (κ2) is 10.4. The minimum absolute atomic E-state index is 0.155. The van der Waals surface area contributed by atoms with E-state index >= 15 is 0 Å². The summed E-state index contributed by atoms with van der Waals surface area (Å²) in [4.78, 5) is 17.5. The van der Waals surface area contributed by atoms with Gasteiger partial charge in [-0.15, -0.1) is 0 Å². The third-order valence-corrected chi connectivity index (χ3v) is 7.80. The van der Waals surface area contributed by atoms with Gasteiger partial charge in [-0.05, 0) is 43.3 Å². The normalized spacial score (nSPS) is 14.5. The second-order valence-corrected chi connectivity index (χ2v) is 9.95. The number of ether oxygens (including phenoxy) is 2. The fraction of sp³-hybridized carbons (Fsp3) is 0.375. The van der Waals surface area contributed by atoms with E-state index in [1.807, 2.05) is 17.6 Å². The van der Waals surface area contributed by atoms with Crippen LogP contribution in [0.3, 0.4) is 0 Å². The van der Waals surface area contributed by atoms with Gasteiger partial charge in [0.1, 0.15) is 11.6 Å². The Morgan fingerprint density at radius 2 is 2.00 bits per heavy atom. The molecular formula is C24H27N5O5S. The number of hydrogen-bond acceptors (Lipinski definition) is 7. The third kappa shape index (κ3) is 5.14. The number of carbonyl (C=O) groups is 1. The van der Waals surface area contributed by atoms with Crippen LogP contribution >= 0.6 is 0 Å². The summed E-state index contributed by atoms with van der Waals surface area (Å²) in [7, 11) is -2.14. The molecule has 0 atom stereocenters. The lowest BCUT2D eigenvalue weighted by Gasteiger charge is -2.26. The number of hydrogen-bond donors (Lipinski definition) is 1. The second-order valence-electron chi connectivity index (χ2n) is 8.01. The van der Waals surface area contributed by atoms with E-state index in [1.165, 1.54) is 11.4 Å². The van der Waals surface area contributed by atoms with E-state index in [-0.39, 0.29) is 17.2 Å². The van der Waals surface area contributed by atoms with Crippen molar-refractivity contribution in [2.45, 2.75) is 31.2 Å². The van der Waals surface area contributed by atoms with Crippen LogP contribution in [0, 0.1) is 11.3 Å². The van der Waals surface area contributed by atoms with Crippen LogP contribution in [-0.4, -0.2) is 61.6 Å². The van der Waals surface area contributed by atoms with Gasteiger partial charge in [0.25, 0.3) is 0 Å². The van der Waals surface area contributed by atoms with Crippen LogP contribution < -0.4 is 10.1 Å². The maximum Gasteiger partial charge on any atom is 0.243 e. The number of fused-ring (bicyclic) bond motifs is 1. The largest absolute Gasteiger partial charge is 0.495 e. The predicted octanol–water partition coefficient (Wildman–Crippen LogP) is 2.53. The van der Waals surface area contributed by atoms with Crippen molar-refractivity contribution in [3.05, 3.63) is 47.8 Å². The number of carbonyl (C=O) groups excluding carboxylic acids is 1. The van der Waals surface area contributed by atoms with E-state index in [2.05, 4.69) is 10.3 Å². The Morgan fingerprint density at radius 1 is 1.23 bits per heavy atom. The number of amides is 1. The summed E-state index contributed by atoms with van der Waals surface area (Å²) in [6, 6.07) is 11.8. The van der Waals surface area contributed by atoms with Gasteiger partial charge in [-0.25, -0.2) is 13.4 Å². The fourth-order valence-corrected chi connectivity index (χ4v) is 5.54. The summed E-state index contributed by atoms with van der Waals surface area (Å²) in [6.45, 7) is 4.01. The number of nitrogens with one attached hydrogen (secondary N) is 1. The zero-order chi connectivity index (χ0) is 25.0. The molecule has 1 fully saturated rings. The summed E-state index contributed by atoms with van der Waals surface area (Å²) in [5.74, 6) is 0.909. The Labute approximate surface area is 204 Å². The monoisotopic (exact) mass is 497 g/mol. The molecule has 2 aromatic carbocycles. The first-order chi connectivity index (χ1) is 16.9. The van der Waals surface area contributed by atoms with Crippen LogP contribution in [0.15, 0.2) is 41.3 Å². The number of nitrogens with zero attached hydrogens (tertiary/aromatic N) is 4. The third-order valence-electron chi connectivity index (χ3n) is 5.90. The highest BCUT2D eigenvalue weighted by Gasteiger charge is 2.27. The van der Waals surface area contributed by atoms with Gasteiger partial charge < -0.3 is 19.4 Å². The van der Waals surface area contributed by atoms with Crippen LogP contribution in [0.5, 0.6) is 5.75 Å². The molecule has 11 heteroatoms. The molecule has 0 spiro atoms. The molecular weight excluding hydrogens is 470 g/mol. The molecule has 2 heterocycles. The molecule has 3 aromatic rings. The van der Waals surface area contributed by atoms with Crippen molar-refractivity contribution < 1.29 is 22.7 Å². The first-order valence-corrected chi connectivity index (χ1v) is 12.8. The van der Waals surface area contributed by atoms with Crippen LogP contribution in [0.25, 0.3) is 11.0 Å². The lowest BCUT2D eigenvalue weighted by molar-refractivity contribution is -0.116.